The fourth-order valence-corrected chi connectivity index (χ4v) is 2.97. The third-order valence-electron chi connectivity index (χ3n) is 3.86. The van der Waals surface area contributed by atoms with Gasteiger partial charge in [0.05, 0.1) is 12.2 Å². The number of ether oxygens (including phenoxy) is 1. The Morgan fingerprint density at radius 3 is 2.45 bits per heavy atom. The highest BCUT2D eigenvalue weighted by atomic mass is 35.5. The fraction of sp³-hybridized carbons (Fsp3) is 0.368. The summed E-state index contributed by atoms with van der Waals surface area (Å²) in [7, 11) is 0. The SMILES string of the molecule is Cc1nn(Cc2ccccc2Cl)c(Cl)c1C(=O)O[C@H](C)C(=O)NC(=O)NC(C)C. The first-order valence-corrected chi connectivity index (χ1v) is 9.64. The van der Waals surface area contributed by atoms with Gasteiger partial charge in [-0.25, -0.2) is 14.3 Å². The molecule has 2 N–H and O–H groups in total. The van der Waals surface area contributed by atoms with E-state index in [4.69, 9.17) is 27.9 Å². The first-order valence-electron chi connectivity index (χ1n) is 8.88. The number of nitrogens with one attached hydrogen (secondary N) is 2. The fourth-order valence-electron chi connectivity index (χ4n) is 2.46. The van der Waals surface area contributed by atoms with Crippen molar-refractivity contribution in [3.8, 4) is 0 Å². The molecule has 29 heavy (non-hydrogen) atoms. The van der Waals surface area contributed by atoms with Crippen molar-refractivity contribution in [3.05, 3.63) is 51.3 Å². The first kappa shape index (κ1) is 22.7. The van der Waals surface area contributed by atoms with Crippen LogP contribution in [0.2, 0.25) is 10.2 Å². The Balaban J connectivity index is 2.09. The second kappa shape index (κ2) is 9.76. The van der Waals surface area contributed by atoms with Crippen molar-refractivity contribution in [1.29, 1.82) is 0 Å². The van der Waals surface area contributed by atoms with Crippen molar-refractivity contribution in [2.24, 2.45) is 0 Å². The Morgan fingerprint density at radius 1 is 1.17 bits per heavy atom. The van der Waals surface area contributed by atoms with Crippen LogP contribution in [0.25, 0.3) is 0 Å². The maximum absolute atomic E-state index is 12.5. The van der Waals surface area contributed by atoms with Gasteiger partial charge < -0.3 is 10.1 Å². The Kier molecular flexibility index (Phi) is 7.64. The van der Waals surface area contributed by atoms with Gasteiger partial charge in [0.2, 0.25) is 0 Å². The summed E-state index contributed by atoms with van der Waals surface area (Å²) in [6.45, 7) is 6.72. The molecule has 8 nitrogen and oxygen atoms in total. The van der Waals surface area contributed by atoms with Gasteiger partial charge in [0.15, 0.2) is 6.10 Å². The predicted octanol–water partition coefficient (Wildman–Crippen LogP) is 3.33. The van der Waals surface area contributed by atoms with Gasteiger partial charge in [0.1, 0.15) is 10.7 Å². The quantitative estimate of drug-likeness (QED) is 0.670. The number of imide groups is 1. The summed E-state index contributed by atoms with van der Waals surface area (Å²) in [5.74, 6) is -1.57. The third kappa shape index (κ3) is 5.95. The summed E-state index contributed by atoms with van der Waals surface area (Å²) in [5, 5.41) is 9.49. The average molecular weight is 441 g/mol. The molecule has 0 saturated carbocycles. The van der Waals surface area contributed by atoms with Crippen molar-refractivity contribution in [2.45, 2.75) is 46.4 Å². The number of carbonyl (C=O) groups is 3. The summed E-state index contributed by atoms with van der Waals surface area (Å²) in [6.07, 6.45) is -1.21. The van der Waals surface area contributed by atoms with Crippen LogP contribution in [-0.2, 0) is 16.1 Å². The number of urea groups is 1. The summed E-state index contributed by atoms with van der Waals surface area (Å²) in [5.41, 5.74) is 1.17. The molecule has 0 bridgehead atoms. The molecule has 1 heterocycles. The molecule has 0 fully saturated rings. The van der Waals surface area contributed by atoms with Gasteiger partial charge in [-0.3, -0.25) is 10.1 Å². The zero-order chi connectivity index (χ0) is 21.7. The van der Waals surface area contributed by atoms with Crippen molar-refractivity contribution in [1.82, 2.24) is 20.4 Å². The van der Waals surface area contributed by atoms with E-state index in [1.807, 2.05) is 12.1 Å². The van der Waals surface area contributed by atoms with E-state index < -0.39 is 24.0 Å². The first-order chi connectivity index (χ1) is 13.6. The number of hydrogen-bond acceptors (Lipinski definition) is 5. The second-order valence-electron chi connectivity index (χ2n) is 6.67. The normalized spacial score (nSPS) is 11.8. The molecule has 3 amide bonds. The molecule has 10 heteroatoms. The molecule has 0 aliphatic carbocycles. The van der Waals surface area contributed by atoms with Gasteiger partial charge in [-0.2, -0.15) is 5.10 Å². The molecule has 156 valence electrons. The zero-order valence-corrected chi connectivity index (χ0v) is 18.0. The molecule has 1 aromatic heterocycles. The number of hydrogen-bond donors (Lipinski definition) is 2. The maximum Gasteiger partial charge on any atom is 0.343 e. The van der Waals surface area contributed by atoms with E-state index >= 15 is 0 Å². The Bertz CT molecular complexity index is 927. The molecule has 0 unspecified atom stereocenters. The van der Waals surface area contributed by atoms with E-state index in [1.165, 1.54) is 11.6 Å². The van der Waals surface area contributed by atoms with Gasteiger partial charge >= 0.3 is 12.0 Å². The van der Waals surface area contributed by atoms with E-state index in [-0.39, 0.29) is 23.3 Å². The van der Waals surface area contributed by atoms with E-state index in [9.17, 15) is 14.4 Å². The van der Waals surface area contributed by atoms with Gasteiger partial charge in [0, 0.05) is 11.1 Å². The van der Waals surface area contributed by atoms with Crippen LogP contribution >= 0.6 is 23.2 Å². The minimum atomic E-state index is -1.21. The molecule has 0 saturated heterocycles. The number of esters is 1. The number of carbonyl (C=O) groups excluding carboxylic acids is 3. The van der Waals surface area contributed by atoms with Crippen LogP contribution in [0.3, 0.4) is 0 Å². The maximum atomic E-state index is 12.5. The third-order valence-corrected chi connectivity index (χ3v) is 4.61. The zero-order valence-electron chi connectivity index (χ0n) is 16.5. The Labute approximate surface area is 178 Å². The number of rotatable bonds is 6. The largest absolute Gasteiger partial charge is 0.449 e. The van der Waals surface area contributed by atoms with Crippen LogP contribution in [0.4, 0.5) is 4.79 Å². The van der Waals surface area contributed by atoms with Gasteiger partial charge in [-0.15, -0.1) is 0 Å². The number of halogens is 2. The van der Waals surface area contributed by atoms with Gasteiger partial charge in [-0.1, -0.05) is 41.4 Å². The summed E-state index contributed by atoms with van der Waals surface area (Å²) < 4.78 is 6.58. The van der Waals surface area contributed by atoms with E-state index in [0.29, 0.717) is 10.7 Å². The number of benzene rings is 1. The highest BCUT2D eigenvalue weighted by Crippen LogP contribution is 2.24. The second-order valence-corrected chi connectivity index (χ2v) is 7.43. The van der Waals surface area contributed by atoms with Crippen LogP contribution in [0, 0.1) is 6.92 Å². The molecule has 2 aromatic rings. The van der Waals surface area contributed by atoms with Crippen molar-refractivity contribution < 1.29 is 19.1 Å². The molecule has 2 rings (SSSR count). The minimum absolute atomic E-state index is 0.0463. The van der Waals surface area contributed by atoms with Crippen molar-refractivity contribution in [3.63, 3.8) is 0 Å². The van der Waals surface area contributed by atoms with Crippen LogP contribution in [0.5, 0.6) is 0 Å². The molecule has 1 aromatic carbocycles. The molecular weight excluding hydrogens is 419 g/mol. The number of amides is 3. The van der Waals surface area contributed by atoms with Crippen LogP contribution in [0.15, 0.2) is 24.3 Å². The van der Waals surface area contributed by atoms with Gasteiger partial charge in [-0.05, 0) is 39.3 Å². The van der Waals surface area contributed by atoms with Crippen molar-refractivity contribution in [2.75, 3.05) is 0 Å². The molecule has 0 aliphatic heterocycles. The topological polar surface area (TPSA) is 102 Å². The monoisotopic (exact) mass is 440 g/mol. The van der Waals surface area contributed by atoms with E-state index in [1.54, 1.807) is 32.9 Å². The van der Waals surface area contributed by atoms with Crippen molar-refractivity contribution >= 4 is 41.1 Å². The predicted molar refractivity (Wildman–Crippen MR) is 109 cm³/mol. The number of nitrogens with zero attached hydrogens (tertiary/aromatic N) is 2. The molecule has 0 aliphatic rings. The lowest BCUT2D eigenvalue weighted by atomic mass is 10.2. The number of aromatic nitrogens is 2. The summed E-state index contributed by atoms with van der Waals surface area (Å²) >= 11 is 12.5. The summed E-state index contributed by atoms with van der Waals surface area (Å²) in [4.78, 5) is 36.2. The van der Waals surface area contributed by atoms with Crippen LogP contribution in [-0.4, -0.2) is 39.8 Å². The molecule has 1 atom stereocenters. The lowest BCUT2D eigenvalue weighted by molar-refractivity contribution is -0.127. The van der Waals surface area contributed by atoms with E-state index in [2.05, 4.69) is 15.7 Å². The molecule has 0 radical (unpaired) electrons. The van der Waals surface area contributed by atoms with Crippen LogP contribution in [0.1, 0.15) is 42.4 Å². The average Bonchev–Trinajstić information content (AvgIpc) is 2.89. The molecular formula is C19H22Cl2N4O4. The van der Waals surface area contributed by atoms with Gasteiger partial charge in [0.25, 0.3) is 5.91 Å². The lowest BCUT2D eigenvalue weighted by Crippen LogP contribution is -2.46. The summed E-state index contributed by atoms with van der Waals surface area (Å²) in [6, 6.07) is 6.38. The Morgan fingerprint density at radius 2 is 1.83 bits per heavy atom. The standard InChI is InChI=1S/C19H22Cl2N4O4/c1-10(2)22-19(28)23-17(26)12(4)29-18(27)15-11(3)24-25(16(15)21)9-13-7-5-6-8-14(13)20/h5-8,10,12H,9H2,1-4H3,(H2,22,23,26,28)/t12-/m1/s1. The lowest BCUT2D eigenvalue weighted by Gasteiger charge is -2.14. The highest BCUT2D eigenvalue weighted by molar-refractivity contribution is 6.33. The number of aryl methyl sites for hydroxylation is 1. The van der Waals surface area contributed by atoms with Crippen LogP contribution < -0.4 is 10.6 Å². The Hall–Kier alpha value is -2.58. The smallest absolute Gasteiger partial charge is 0.343 e. The molecule has 0 spiro atoms. The highest BCUT2D eigenvalue weighted by Gasteiger charge is 2.26. The van der Waals surface area contributed by atoms with E-state index in [0.717, 1.165) is 5.56 Å². The minimum Gasteiger partial charge on any atom is -0.449 e.